The van der Waals surface area contributed by atoms with Crippen molar-refractivity contribution < 1.29 is 4.39 Å². The highest BCUT2D eigenvalue weighted by atomic mass is 19.1. The Morgan fingerprint density at radius 2 is 1.71 bits per heavy atom. The largest absolute Gasteiger partial charge is 0.366 e. The topological polar surface area (TPSA) is 49.8 Å². The fraction of sp³-hybridized carbons (Fsp3) is 0.158. The zero-order valence-corrected chi connectivity index (χ0v) is 13.7. The standard InChI is InChI=1S/C19H19FN4/c1-13-6-5-7-14(2)18(13)24-19-21-11-10-17(23-19)22-12-15-8-3-4-9-16(15)20/h3-11H,12H2,1-2H3,(H2,21,22,23,24). The predicted molar refractivity (Wildman–Crippen MR) is 95.0 cm³/mol. The summed E-state index contributed by atoms with van der Waals surface area (Å²) >= 11 is 0. The summed E-state index contributed by atoms with van der Waals surface area (Å²) in [6.45, 7) is 4.44. The maximum Gasteiger partial charge on any atom is 0.229 e. The van der Waals surface area contributed by atoms with Crippen molar-refractivity contribution in [3.05, 3.63) is 77.2 Å². The number of halogens is 1. The van der Waals surface area contributed by atoms with E-state index in [0.717, 1.165) is 16.8 Å². The van der Waals surface area contributed by atoms with Gasteiger partial charge in [0.2, 0.25) is 5.95 Å². The summed E-state index contributed by atoms with van der Waals surface area (Å²) in [6, 6.07) is 14.5. The Morgan fingerprint density at radius 1 is 0.958 bits per heavy atom. The zero-order valence-electron chi connectivity index (χ0n) is 13.7. The molecule has 0 saturated heterocycles. The van der Waals surface area contributed by atoms with Crippen molar-refractivity contribution in [2.75, 3.05) is 10.6 Å². The van der Waals surface area contributed by atoms with Crippen molar-refractivity contribution in [2.45, 2.75) is 20.4 Å². The number of aryl methyl sites for hydroxylation is 2. The Bertz CT molecular complexity index is 828. The van der Waals surface area contributed by atoms with Gasteiger partial charge in [-0.2, -0.15) is 4.98 Å². The van der Waals surface area contributed by atoms with E-state index in [1.807, 2.05) is 38.1 Å². The van der Waals surface area contributed by atoms with E-state index in [4.69, 9.17) is 0 Å². The molecule has 5 heteroatoms. The smallest absolute Gasteiger partial charge is 0.229 e. The summed E-state index contributed by atoms with van der Waals surface area (Å²) in [4.78, 5) is 8.69. The van der Waals surface area contributed by atoms with Gasteiger partial charge in [0.15, 0.2) is 0 Å². The summed E-state index contributed by atoms with van der Waals surface area (Å²) in [5.41, 5.74) is 3.86. The third-order valence-electron chi connectivity index (χ3n) is 3.79. The first kappa shape index (κ1) is 15.9. The third-order valence-corrected chi connectivity index (χ3v) is 3.79. The number of benzene rings is 2. The number of aromatic nitrogens is 2. The number of anilines is 3. The summed E-state index contributed by atoms with van der Waals surface area (Å²) < 4.78 is 13.7. The minimum Gasteiger partial charge on any atom is -0.366 e. The molecule has 4 nitrogen and oxygen atoms in total. The van der Waals surface area contributed by atoms with Crippen LogP contribution in [0.25, 0.3) is 0 Å². The summed E-state index contributed by atoms with van der Waals surface area (Å²) in [5.74, 6) is 0.917. The third kappa shape index (κ3) is 3.68. The van der Waals surface area contributed by atoms with Gasteiger partial charge >= 0.3 is 0 Å². The fourth-order valence-corrected chi connectivity index (χ4v) is 2.47. The Morgan fingerprint density at radius 3 is 2.46 bits per heavy atom. The van der Waals surface area contributed by atoms with Crippen LogP contribution in [0, 0.1) is 19.7 Å². The van der Waals surface area contributed by atoms with Crippen LogP contribution < -0.4 is 10.6 Å². The lowest BCUT2D eigenvalue weighted by atomic mass is 10.1. The minimum absolute atomic E-state index is 0.229. The molecule has 0 aliphatic rings. The van der Waals surface area contributed by atoms with Crippen LogP contribution in [0.3, 0.4) is 0 Å². The number of para-hydroxylation sites is 1. The van der Waals surface area contributed by atoms with Gasteiger partial charge < -0.3 is 10.6 Å². The molecule has 0 fully saturated rings. The lowest BCUT2D eigenvalue weighted by molar-refractivity contribution is 0.613. The van der Waals surface area contributed by atoms with Gasteiger partial charge in [0.05, 0.1) is 0 Å². The quantitative estimate of drug-likeness (QED) is 0.721. The van der Waals surface area contributed by atoms with E-state index in [0.29, 0.717) is 23.9 Å². The van der Waals surface area contributed by atoms with Crippen LogP contribution in [-0.4, -0.2) is 9.97 Å². The first-order valence-corrected chi connectivity index (χ1v) is 7.77. The molecule has 0 aliphatic heterocycles. The second kappa shape index (κ2) is 7.08. The van der Waals surface area contributed by atoms with Crippen molar-refractivity contribution >= 4 is 17.5 Å². The zero-order chi connectivity index (χ0) is 16.9. The molecule has 0 amide bonds. The Labute approximate surface area is 140 Å². The molecule has 0 atom stereocenters. The molecule has 0 aliphatic carbocycles. The molecule has 1 heterocycles. The number of nitrogens with one attached hydrogen (secondary N) is 2. The lowest BCUT2D eigenvalue weighted by Gasteiger charge is -2.12. The Kier molecular flexibility index (Phi) is 4.70. The first-order chi connectivity index (χ1) is 11.6. The van der Waals surface area contributed by atoms with Crippen molar-refractivity contribution in [3.63, 3.8) is 0 Å². The molecular weight excluding hydrogens is 303 g/mol. The highest BCUT2D eigenvalue weighted by Gasteiger charge is 2.06. The molecule has 0 saturated carbocycles. The van der Waals surface area contributed by atoms with Crippen molar-refractivity contribution in [2.24, 2.45) is 0 Å². The number of rotatable bonds is 5. The van der Waals surface area contributed by atoms with Crippen LogP contribution in [-0.2, 0) is 6.54 Å². The summed E-state index contributed by atoms with van der Waals surface area (Å²) in [7, 11) is 0. The molecule has 0 spiro atoms. The average Bonchev–Trinajstić information content (AvgIpc) is 2.58. The monoisotopic (exact) mass is 322 g/mol. The van der Waals surface area contributed by atoms with Gasteiger partial charge in [0, 0.05) is 24.0 Å². The van der Waals surface area contributed by atoms with Crippen LogP contribution in [0.4, 0.5) is 21.8 Å². The van der Waals surface area contributed by atoms with Gasteiger partial charge in [-0.25, -0.2) is 9.37 Å². The van der Waals surface area contributed by atoms with E-state index in [2.05, 4.69) is 20.6 Å². The lowest BCUT2D eigenvalue weighted by Crippen LogP contribution is -2.06. The number of hydrogen-bond donors (Lipinski definition) is 2. The number of hydrogen-bond acceptors (Lipinski definition) is 4. The average molecular weight is 322 g/mol. The predicted octanol–water partition coefficient (Wildman–Crippen LogP) is 4.59. The van der Waals surface area contributed by atoms with Gasteiger partial charge in [-0.1, -0.05) is 36.4 Å². The SMILES string of the molecule is Cc1cccc(C)c1Nc1nccc(NCc2ccccc2F)n1. The molecular formula is C19H19FN4. The van der Waals surface area contributed by atoms with Gasteiger partial charge in [-0.3, -0.25) is 0 Å². The van der Waals surface area contributed by atoms with Crippen molar-refractivity contribution in [1.29, 1.82) is 0 Å². The van der Waals surface area contributed by atoms with Gasteiger partial charge in [0.1, 0.15) is 11.6 Å². The van der Waals surface area contributed by atoms with Crippen LogP contribution in [0.1, 0.15) is 16.7 Å². The maximum atomic E-state index is 13.7. The van der Waals surface area contributed by atoms with E-state index in [1.165, 1.54) is 6.07 Å². The van der Waals surface area contributed by atoms with E-state index in [9.17, 15) is 4.39 Å². The van der Waals surface area contributed by atoms with Crippen LogP contribution >= 0.6 is 0 Å². The van der Waals surface area contributed by atoms with E-state index in [1.54, 1.807) is 24.4 Å². The van der Waals surface area contributed by atoms with Gasteiger partial charge in [0.25, 0.3) is 0 Å². The number of nitrogens with zero attached hydrogens (tertiary/aromatic N) is 2. The van der Waals surface area contributed by atoms with Crippen molar-refractivity contribution in [1.82, 2.24) is 9.97 Å². The summed E-state index contributed by atoms with van der Waals surface area (Å²) in [6.07, 6.45) is 1.67. The molecule has 3 rings (SSSR count). The second-order valence-corrected chi connectivity index (χ2v) is 5.60. The van der Waals surface area contributed by atoms with E-state index >= 15 is 0 Å². The van der Waals surface area contributed by atoms with Crippen LogP contribution in [0.5, 0.6) is 0 Å². The minimum atomic E-state index is -0.229. The normalized spacial score (nSPS) is 10.5. The molecule has 0 radical (unpaired) electrons. The maximum absolute atomic E-state index is 13.7. The Hall–Kier alpha value is -2.95. The Balaban J connectivity index is 1.74. The highest BCUT2D eigenvalue weighted by molar-refractivity contribution is 5.63. The molecule has 3 aromatic rings. The fourth-order valence-electron chi connectivity index (χ4n) is 2.47. The molecule has 2 aromatic carbocycles. The van der Waals surface area contributed by atoms with Gasteiger partial charge in [-0.15, -0.1) is 0 Å². The molecule has 0 bridgehead atoms. The highest BCUT2D eigenvalue weighted by Crippen LogP contribution is 2.23. The van der Waals surface area contributed by atoms with E-state index < -0.39 is 0 Å². The molecule has 2 N–H and O–H groups in total. The summed E-state index contributed by atoms with van der Waals surface area (Å²) in [5, 5.41) is 6.38. The first-order valence-electron chi connectivity index (χ1n) is 7.77. The molecule has 0 unspecified atom stereocenters. The van der Waals surface area contributed by atoms with E-state index in [-0.39, 0.29) is 5.82 Å². The molecule has 122 valence electrons. The van der Waals surface area contributed by atoms with Crippen LogP contribution in [0.2, 0.25) is 0 Å². The molecule has 24 heavy (non-hydrogen) atoms. The molecule has 1 aromatic heterocycles. The second-order valence-electron chi connectivity index (χ2n) is 5.60. The van der Waals surface area contributed by atoms with Gasteiger partial charge in [-0.05, 0) is 37.1 Å². The van der Waals surface area contributed by atoms with Crippen LogP contribution in [0.15, 0.2) is 54.7 Å². The van der Waals surface area contributed by atoms with Crippen molar-refractivity contribution in [3.8, 4) is 0 Å².